The van der Waals surface area contributed by atoms with E-state index in [2.05, 4.69) is 4.90 Å². The Morgan fingerprint density at radius 3 is 2.41 bits per heavy atom. The molecule has 3 aliphatic heterocycles. The molecule has 5 nitrogen and oxygen atoms in total. The van der Waals surface area contributed by atoms with Gasteiger partial charge in [-0.2, -0.15) is 0 Å². The summed E-state index contributed by atoms with van der Waals surface area (Å²) in [6.07, 6.45) is 5.01. The number of hydrogen-bond donors (Lipinski definition) is 0. The van der Waals surface area contributed by atoms with Gasteiger partial charge >= 0.3 is 0 Å². The number of carbonyl (C=O) groups excluding carboxylic acids is 2. The molecule has 0 saturated carbocycles. The summed E-state index contributed by atoms with van der Waals surface area (Å²) in [4.78, 5) is 32.1. The maximum atomic E-state index is 15.1. The van der Waals surface area contributed by atoms with E-state index in [-0.39, 0.29) is 23.4 Å². The van der Waals surface area contributed by atoms with Crippen molar-refractivity contribution >= 4 is 11.8 Å². The van der Waals surface area contributed by atoms with Crippen molar-refractivity contribution in [3.05, 3.63) is 70.5 Å². The number of fused-ring (bicyclic) bond motifs is 1. The molecule has 2 aromatic carbocycles. The fraction of sp³-hybridized carbons (Fsp3) is 0.462. The summed E-state index contributed by atoms with van der Waals surface area (Å²) in [5, 5.41) is 0. The van der Waals surface area contributed by atoms with Crippen molar-refractivity contribution in [2.45, 2.75) is 38.1 Å². The van der Waals surface area contributed by atoms with Crippen molar-refractivity contribution in [3.8, 4) is 0 Å². The predicted octanol–water partition coefficient (Wildman–Crippen LogP) is 3.90. The number of nitrogens with zero attached hydrogens (tertiary/aromatic N) is 3. The molecule has 0 aromatic heterocycles. The van der Waals surface area contributed by atoms with Crippen LogP contribution in [0.5, 0.6) is 0 Å². The highest BCUT2D eigenvalue weighted by molar-refractivity contribution is 5.97. The molecule has 32 heavy (non-hydrogen) atoms. The second kappa shape index (κ2) is 9.02. The van der Waals surface area contributed by atoms with Crippen molar-refractivity contribution in [1.29, 1.82) is 0 Å². The summed E-state index contributed by atoms with van der Waals surface area (Å²) in [5.74, 6) is -0.721. The Balaban J connectivity index is 1.43. The molecule has 3 aliphatic rings. The van der Waals surface area contributed by atoms with Crippen LogP contribution in [0, 0.1) is 5.82 Å². The normalized spacial score (nSPS) is 21.3. The van der Waals surface area contributed by atoms with Gasteiger partial charge in [0.25, 0.3) is 11.8 Å². The van der Waals surface area contributed by atoms with Crippen molar-refractivity contribution in [3.63, 3.8) is 0 Å². The number of carbonyl (C=O) groups is 2. The lowest BCUT2D eigenvalue weighted by atomic mass is 9.89. The number of amides is 2. The van der Waals surface area contributed by atoms with E-state index in [4.69, 9.17) is 0 Å². The molecule has 2 amide bonds. The van der Waals surface area contributed by atoms with E-state index in [0.29, 0.717) is 26.1 Å². The molecular formula is C26H30FN3O2. The monoisotopic (exact) mass is 435 g/mol. The number of rotatable bonds is 5. The van der Waals surface area contributed by atoms with E-state index in [0.717, 1.165) is 49.2 Å². The Hall–Kier alpha value is -2.73. The predicted molar refractivity (Wildman–Crippen MR) is 121 cm³/mol. The first-order valence-corrected chi connectivity index (χ1v) is 11.8. The summed E-state index contributed by atoms with van der Waals surface area (Å²) >= 11 is 0. The molecular weight excluding hydrogens is 405 g/mol. The molecule has 0 N–H and O–H groups in total. The molecule has 2 aromatic rings. The van der Waals surface area contributed by atoms with Crippen LogP contribution < -0.4 is 0 Å². The van der Waals surface area contributed by atoms with E-state index in [9.17, 15) is 9.59 Å². The van der Waals surface area contributed by atoms with E-state index >= 15 is 4.39 Å². The molecule has 1 unspecified atom stereocenters. The molecule has 0 bridgehead atoms. The fourth-order valence-corrected chi connectivity index (χ4v) is 5.33. The Labute approximate surface area is 188 Å². The van der Waals surface area contributed by atoms with Gasteiger partial charge in [0.2, 0.25) is 0 Å². The van der Waals surface area contributed by atoms with Gasteiger partial charge in [0.15, 0.2) is 0 Å². The maximum absolute atomic E-state index is 15.1. The number of benzene rings is 2. The summed E-state index contributed by atoms with van der Waals surface area (Å²) < 4.78 is 15.1. The van der Waals surface area contributed by atoms with E-state index in [1.54, 1.807) is 11.0 Å². The van der Waals surface area contributed by atoms with Crippen LogP contribution in [0.25, 0.3) is 0 Å². The molecule has 2 fully saturated rings. The minimum absolute atomic E-state index is 0.00803. The van der Waals surface area contributed by atoms with E-state index in [1.807, 2.05) is 35.2 Å². The smallest absolute Gasteiger partial charge is 0.256 e. The maximum Gasteiger partial charge on any atom is 0.256 e. The first-order chi connectivity index (χ1) is 15.6. The minimum Gasteiger partial charge on any atom is -0.339 e. The highest BCUT2D eigenvalue weighted by atomic mass is 19.1. The first-order valence-electron chi connectivity index (χ1n) is 11.8. The summed E-state index contributed by atoms with van der Waals surface area (Å²) in [6.45, 7) is 4.99. The van der Waals surface area contributed by atoms with Crippen LogP contribution in [0.3, 0.4) is 0 Å². The van der Waals surface area contributed by atoms with Crippen LogP contribution in [-0.2, 0) is 6.42 Å². The van der Waals surface area contributed by atoms with Gasteiger partial charge < -0.3 is 14.7 Å². The Kier molecular flexibility index (Phi) is 5.96. The third-order valence-electron chi connectivity index (χ3n) is 7.16. The third kappa shape index (κ3) is 4.04. The van der Waals surface area contributed by atoms with Crippen LogP contribution >= 0.6 is 0 Å². The van der Waals surface area contributed by atoms with Crippen molar-refractivity contribution in [2.24, 2.45) is 0 Å². The number of likely N-dealkylation sites (tertiary alicyclic amines) is 2. The van der Waals surface area contributed by atoms with Crippen molar-refractivity contribution in [2.75, 3.05) is 39.3 Å². The molecule has 0 spiro atoms. The number of halogens is 1. The summed E-state index contributed by atoms with van der Waals surface area (Å²) in [5.41, 5.74) is 2.62. The van der Waals surface area contributed by atoms with Gasteiger partial charge in [-0.15, -0.1) is 0 Å². The molecule has 0 aliphatic carbocycles. The van der Waals surface area contributed by atoms with Gasteiger partial charge in [-0.25, -0.2) is 4.39 Å². The van der Waals surface area contributed by atoms with Crippen LogP contribution in [0.4, 0.5) is 4.39 Å². The quantitative estimate of drug-likeness (QED) is 0.716. The lowest BCUT2D eigenvalue weighted by molar-refractivity contribution is 0.0625. The molecule has 0 radical (unpaired) electrons. The van der Waals surface area contributed by atoms with E-state index in [1.165, 1.54) is 18.9 Å². The van der Waals surface area contributed by atoms with Gasteiger partial charge in [0.05, 0.1) is 11.6 Å². The molecule has 3 heterocycles. The zero-order valence-corrected chi connectivity index (χ0v) is 18.4. The fourth-order valence-electron chi connectivity index (χ4n) is 5.33. The molecule has 6 heteroatoms. The van der Waals surface area contributed by atoms with Crippen LogP contribution in [-0.4, -0.2) is 65.8 Å². The summed E-state index contributed by atoms with van der Waals surface area (Å²) in [6, 6.07) is 12.4. The van der Waals surface area contributed by atoms with Gasteiger partial charge in [-0.3, -0.25) is 9.59 Å². The highest BCUT2D eigenvalue weighted by Crippen LogP contribution is 2.34. The zero-order chi connectivity index (χ0) is 22.1. The molecule has 168 valence electrons. The molecule has 1 atom stereocenters. The Morgan fingerprint density at radius 2 is 1.66 bits per heavy atom. The second-order valence-corrected chi connectivity index (χ2v) is 9.16. The third-order valence-corrected chi connectivity index (χ3v) is 7.16. The minimum atomic E-state index is -0.495. The van der Waals surface area contributed by atoms with Crippen LogP contribution in [0.15, 0.2) is 42.5 Å². The Bertz CT molecular complexity index is 1010. The topological polar surface area (TPSA) is 43.9 Å². The van der Waals surface area contributed by atoms with Gasteiger partial charge in [-0.1, -0.05) is 24.3 Å². The molecule has 5 rings (SSSR count). The zero-order valence-electron chi connectivity index (χ0n) is 18.4. The summed E-state index contributed by atoms with van der Waals surface area (Å²) in [7, 11) is 0. The van der Waals surface area contributed by atoms with Gasteiger partial charge in [0.1, 0.15) is 5.82 Å². The Morgan fingerprint density at radius 1 is 0.938 bits per heavy atom. The standard InChI is InChI=1S/C26H30FN3O2/c27-23-17-20(9-10-22(23)25(31)29-13-5-6-14-29)24-18-19-7-1-2-8-21(19)26(32)30(24)16-15-28-11-3-4-12-28/h1-2,7-10,17,24H,3-6,11-16,18H2. The SMILES string of the molecule is O=C(c1ccc(C2Cc3ccccc3C(=O)N2CCN2CCCC2)cc1F)N1CCCC1. The largest absolute Gasteiger partial charge is 0.339 e. The molecule has 2 saturated heterocycles. The lowest BCUT2D eigenvalue weighted by Gasteiger charge is -2.38. The second-order valence-electron chi connectivity index (χ2n) is 9.16. The van der Waals surface area contributed by atoms with Crippen LogP contribution in [0.2, 0.25) is 0 Å². The first kappa shape index (κ1) is 21.1. The number of hydrogen-bond acceptors (Lipinski definition) is 3. The van der Waals surface area contributed by atoms with Crippen LogP contribution in [0.1, 0.15) is 63.6 Å². The van der Waals surface area contributed by atoms with Gasteiger partial charge in [0, 0.05) is 31.7 Å². The lowest BCUT2D eigenvalue weighted by Crippen LogP contribution is -2.44. The average molecular weight is 436 g/mol. The van der Waals surface area contributed by atoms with E-state index < -0.39 is 5.82 Å². The van der Waals surface area contributed by atoms with Crippen molar-refractivity contribution < 1.29 is 14.0 Å². The van der Waals surface area contributed by atoms with Crippen molar-refractivity contribution in [1.82, 2.24) is 14.7 Å². The average Bonchev–Trinajstić information content (AvgIpc) is 3.52. The highest BCUT2D eigenvalue weighted by Gasteiger charge is 2.34. The van der Waals surface area contributed by atoms with Gasteiger partial charge in [-0.05, 0) is 74.5 Å².